The zero-order valence-corrected chi connectivity index (χ0v) is 39.7. The second-order valence-corrected chi connectivity index (χ2v) is 22.7. The fourth-order valence-corrected chi connectivity index (χ4v) is 15.7. The van der Waals surface area contributed by atoms with E-state index < -0.39 is 39.7 Å². The maximum absolute atomic E-state index is 15.3. The molecule has 6 fully saturated rings. The number of carbonyl (C=O) groups is 2. The van der Waals surface area contributed by atoms with E-state index in [1.165, 1.54) is 24.6 Å². The van der Waals surface area contributed by atoms with E-state index in [4.69, 9.17) is 25.5 Å². The van der Waals surface area contributed by atoms with Gasteiger partial charge in [0.05, 0.1) is 42.9 Å². The minimum absolute atomic E-state index is 0.00182. The number of rotatable bonds is 11. The monoisotopic (exact) mass is 929 g/mol. The summed E-state index contributed by atoms with van der Waals surface area (Å²) in [6, 6.07) is 11.6. The second-order valence-electron chi connectivity index (χ2n) is 22.3. The van der Waals surface area contributed by atoms with Gasteiger partial charge in [-0.15, -0.1) is 0 Å². The van der Waals surface area contributed by atoms with Crippen molar-refractivity contribution in [2.24, 2.45) is 56.7 Å². The molecule has 0 radical (unpaired) electrons. The topological polar surface area (TPSA) is 109 Å². The molecule has 2 spiro atoms. The number of furan rings is 1. The van der Waals surface area contributed by atoms with Gasteiger partial charge in [0.25, 0.3) is 0 Å². The van der Waals surface area contributed by atoms with Crippen LogP contribution in [0.2, 0.25) is 5.02 Å². The van der Waals surface area contributed by atoms with Crippen molar-refractivity contribution in [3.8, 4) is 22.8 Å². The Morgan fingerprint density at radius 3 is 2.32 bits per heavy atom. The van der Waals surface area contributed by atoms with Gasteiger partial charge >= 0.3 is 6.18 Å². The lowest BCUT2D eigenvalue weighted by Gasteiger charge is -2.71. The molecule has 354 valence electrons. The van der Waals surface area contributed by atoms with Crippen molar-refractivity contribution in [1.29, 1.82) is 0 Å². The number of alkyl halides is 3. The molecule has 11 atom stereocenters. The first kappa shape index (κ1) is 45.7. The number of nitrogens with zero attached hydrogens (tertiary/aromatic N) is 1. The van der Waals surface area contributed by atoms with Crippen molar-refractivity contribution in [2.75, 3.05) is 27.3 Å². The number of hydrogen-bond donors (Lipinski definition) is 2. The fraction of sp³-hybridized carbons (Fsp3) is 0.593. The van der Waals surface area contributed by atoms with Crippen molar-refractivity contribution in [3.05, 3.63) is 94.2 Å². The Balaban J connectivity index is 1.02. The molecule has 0 saturated heterocycles. The lowest BCUT2D eigenvalue weighted by molar-refractivity contribution is -0.180. The van der Waals surface area contributed by atoms with Crippen LogP contribution in [0, 0.1) is 56.7 Å². The summed E-state index contributed by atoms with van der Waals surface area (Å²) in [7, 11) is 3.16. The lowest BCUT2D eigenvalue weighted by atomic mass is 9.32. The maximum atomic E-state index is 15.3. The van der Waals surface area contributed by atoms with Crippen molar-refractivity contribution in [2.45, 2.75) is 116 Å². The number of ether oxygens (including phenoxy) is 2. The van der Waals surface area contributed by atoms with Crippen LogP contribution in [0.15, 0.2) is 76.7 Å². The first-order valence-electron chi connectivity index (χ1n) is 24.0. The molecule has 66 heavy (non-hydrogen) atoms. The number of Topliss-reactive ketones (excluding diaryl/α,β-unsaturated/α-hetero) is 1. The van der Waals surface area contributed by atoms with E-state index in [0.29, 0.717) is 73.5 Å². The van der Waals surface area contributed by atoms with Gasteiger partial charge in [-0.25, -0.2) is 0 Å². The molecule has 2 aromatic carbocycles. The number of benzene rings is 2. The van der Waals surface area contributed by atoms with Crippen LogP contribution in [0.25, 0.3) is 11.3 Å². The van der Waals surface area contributed by atoms with Gasteiger partial charge in [0.15, 0.2) is 17.3 Å². The molecule has 1 aromatic heterocycles. The molecule has 11 unspecified atom stereocenters. The summed E-state index contributed by atoms with van der Waals surface area (Å²) in [6.07, 6.45) is 9.25. The van der Waals surface area contributed by atoms with Gasteiger partial charge in [-0.3, -0.25) is 9.59 Å². The smallest absolute Gasteiger partial charge is 0.416 e. The van der Waals surface area contributed by atoms with E-state index >= 15 is 4.79 Å². The molecule has 6 saturated carbocycles. The van der Waals surface area contributed by atoms with Crippen molar-refractivity contribution < 1.29 is 46.9 Å². The van der Waals surface area contributed by atoms with Crippen LogP contribution in [0.1, 0.15) is 114 Å². The Morgan fingerprint density at radius 2 is 1.61 bits per heavy atom. The van der Waals surface area contributed by atoms with E-state index in [1.54, 1.807) is 14.2 Å². The summed E-state index contributed by atoms with van der Waals surface area (Å²) in [5.41, 5.74) is -3.00. The van der Waals surface area contributed by atoms with Gasteiger partial charge in [0.2, 0.25) is 11.7 Å². The number of ketones is 1. The summed E-state index contributed by atoms with van der Waals surface area (Å²) in [6.45, 7) is 9.95. The van der Waals surface area contributed by atoms with Gasteiger partial charge in [-0.2, -0.15) is 13.2 Å². The van der Waals surface area contributed by atoms with Gasteiger partial charge in [-0.1, -0.05) is 63.6 Å². The van der Waals surface area contributed by atoms with Crippen LogP contribution in [-0.4, -0.2) is 65.8 Å². The average molecular weight is 931 g/mol. The number of hydrogen-bond acceptors (Lipinski definition) is 7. The number of allylic oxidation sites excluding steroid dienone is 4. The highest BCUT2D eigenvalue weighted by Gasteiger charge is 2.75. The molecule has 12 heteroatoms. The number of fused-ring (bicyclic) bond motifs is 3. The first-order chi connectivity index (χ1) is 31.1. The molecule has 3 aromatic rings. The molecule has 1 amide bonds. The van der Waals surface area contributed by atoms with Crippen LogP contribution in [0.5, 0.6) is 11.5 Å². The number of aliphatic hydroxyl groups excluding tert-OH is 1. The average Bonchev–Trinajstić information content (AvgIpc) is 3.88. The number of carbonyl (C=O) groups excluding carboxylic acids is 2. The third-order valence-corrected chi connectivity index (χ3v) is 19.7. The van der Waals surface area contributed by atoms with E-state index in [0.717, 1.165) is 43.4 Å². The normalized spacial score (nSPS) is 36.9. The first-order valence-corrected chi connectivity index (χ1v) is 24.4. The Morgan fingerprint density at radius 1 is 0.879 bits per heavy atom. The standard InChI is InChI=1S/C54H63ClF3NO7/c1-48(2)33-9-8-32(37(48)26-33)29-59(46(61)24-31-7-12-41(64-5)43(23-31)65-6)30-52(63)20-17-45-50(52,4)19-16-44-49(3)18-15-35(60)27-51(49)21-22-53(44,45)38(28-51)47(62)42-14-13-40(66-42)36-25-34(54(56,57)58)10-11-39(36)55/h7,10-14,21-23,25,28,32-33,35,37,44-45,60,63H,8-9,15-20,24,26-27,29-30H2,1-6H3. The van der Waals surface area contributed by atoms with Gasteiger partial charge in [0.1, 0.15) is 5.76 Å². The molecule has 12 rings (SSSR count). The van der Waals surface area contributed by atoms with Crippen molar-refractivity contribution >= 4 is 23.3 Å². The molecular weight excluding hydrogens is 867 g/mol. The Hall–Kier alpha value is -4.06. The molecule has 8 nitrogen and oxygen atoms in total. The summed E-state index contributed by atoms with van der Waals surface area (Å²) in [4.78, 5) is 32.2. The van der Waals surface area contributed by atoms with Crippen LogP contribution in [0.4, 0.5) is 13.2 Å². The Kier molecular flexibility index (Phi) is 10.7. The second kappa shape index (κ2) is 15.5. The van der Waals surface area contributed by atoms with Crippen LogP contribution in [-0.2, 0) is 17.4 Å². The molecule has 4 bridgehead atoms. The molecule has 0 aliphatic heterocycles. The summed E-state index contributed by atoms with van der Waals surface area (Å²) < 4.78 is 58.7. The van der Waals surface area contributed by atoms with Crippen LogP contribution >= 0.6 is 11.6 Å². The number of aliphatic hydroxyl groups is 2. The molecule has 9 aliphatic rings. The van der Waals surface area contributed by atoms with E-state index in [9.17, 15) is 28.2 Å². The SMILES string of the molecule is COc1ccc(CC(=O)N(CC2CCC3CC2C3(C)C)CC2(O)CCC3C45C=CC6(C=C4C(=O)c4ccc(-c7cc(C(F)(F)F)ccc7Cl)o4)CC(O)CCC6(C)C5CCC32C)cc1OC. The van der Waals surface area contributed by atoms with E-state index in [2.05, 4.69) is 45.9 Å². The summed E-state index contributed by atoms with van der Waals surface area (Å²) in [5.74, 6) is 2.09. The summed E-state index contributed by atoms with van der Waals surface area (Å²) in [5, 5.41) is 24.8. The zero-order valence-electron chi connectivity index (χ0n) is 38.9. The third-order valence-electron chi connectivity index (χ3n) is 19.4. The molecule has 2 N–H and O–H groups in total. The minimum atomic E-state index is -4.60. The van der Waals surface area contributed by atoms with Crippen molar-refractivity contribution in [3.63, 3.8) is 0 Å². The molecular formula is C54H63ClF3NO7. The van der Waals surface area contributed by atoms with Crippen LogP contribution < -0.4 is 9.47 Å². The Labute approximate surface area is 390 Å². The minimum Gasteiger partial charge on any atom is -0.493 e. The van der Waals surface area contributed by atoms with Gasteiger partial charge in [-0.05, 0) is 153 Å². The highest BCUT2D eigenvalue weighted by Crippen LogP contribution is 2.78. The summed E-state index contributed by atoms with van der Waals surface area (Å²) >= 11 is 6.45. The largest absolute Gasteiger partial charge is 0.493 e. The number of amides is 1. The molecule has 9 aliphatic carbocycles. The predicted octanol–water partition coefficient (Wildman–Crippen LogP) is 11.6. The number of methoxy groups -OCH3 is 2. The predicted molar refractivity (Wildman–Crippen MR) is 245 cm³/mol. The van der Waals surface area contributed by atoms with E-state index in [1.807, 2.05) is 23.1 Å². The fourth-order valence-electron chi connectivity index (χ4n) is 15.5. The Bertz CT molecular complexity index is 2530. The highest BCUT2D eigenvalue weighted by molar-refractivity contribution is 6.33. The molecule has 1 heterocycles. The third kappa shape index (κ3) is 6.58. The quantitative estimate of drug-likeness (QED) is 0.146. The van der Waals surface area contributed by atoms with Crippen LogP contribution in [0.3, 0.4) is 0 Å². The van der Waals surface area contributed by atoms with E-state index in [-0.39, 0.29) is 69.4 Å². The maximum Gasteiger partial charge on any atom is 0.416 e. The highest BCUT2D eigenvalue weighted by atomic mass is 35.5. The zero-order chi connectivity index (χ0) is 47.0. The lowest BCUT2D eigenvalue weighted by Crippen LogP contribution is -2.67. The van der Waals surface area contributed by atoms with Gasteiger partial charge in [0, 0.05) is 40.5 Å². The van der Waals surface area contributed by atoms with Crippen molar-refractivity contribution in [1.82, 2.24) is 4.90 Å². The van der Waals surface area contributed by atoms with Gasteiger partial charge < -0.3 is 29.0 Å². The number of halogens is 4.